The summed E-state index contributed by atoms with van der Waals surface area (Å²) in [6.45, 7) is 5.57. The summed E-state index contributed by atoms with van der Waals surface area (Å²) >= 11 is 3.48. The quantitative estimate of drug-likeness (QED) is 0.827. The number of nitrogens with one attached hydrogen (secondary N) is 1. The average Bonchev–Trinajstić information content (AvgIpc) is 2.80. The summed E-state index contributed by atoms with van der Waals surface area (Å²) < 4.78 is 1.02. The maximum atomic E-state index is 10.0. The van der Waals surface area contributed by atoms with Gasteiger partial charge in [0.25, 0.3) is 0 Å². The van der Waals surface area contributed by atoms with Crippen molar-refractivity contribution in [2.24, 2.45) is 11.8 Å². The molecule has 2 N–H and O–H groups in total. The van der Waals surface area contributed by atoms with E-state index in [1.54, 1.807) is 6.07 Å². The van der Waals surface area contributed by atoms with Crippen LogP contribution in [0.4, 0.5) is 0 Å². The van der Waals surface area contributed by atoms with Crippen molar-refractivity contribution in [1.82, 2.24) is 5.32 Å². The van der Waals surface area contributed by atoms with E-state index < -0.39 is 0 Å². The van der Waals surface area contributed by atoms with Crippen molar-refractivity contribution in [1.29, 1.82) is 0 Å². The van der Waals surface area contributed by atoms with E-state index in [1.165, 1.54) is 19.3 Å². The Morgan fingerprint density at radius 1 is 1.42 bits per heavy atom. The topological polar surface area (TPSA) is 32.3 Å². The minimum Gasteiger partial charge on any atom is -0.508 e. The molecule has 1 aromatic rings. The van der Waals surface area contributed by atoms with Crippen LogP contribution in [0.2, 0.25) is 0 Å². The van der Waals surface area contributed by atoms with E-state index in [2.05, 4.69) is 35.1 Å². The predicted octanol–water partition coefficient (Wildman–Crippen LogP) is 4.63. The van der Waals surface area contributed by atoms with E-state index in [0.29, 0.717) is 5.75 Å². The number of aromatic hydroxyl groups is 1. The van der Waals surface area contributed by atoms with Gasteiger partial charge in [0.2, 0.25) is 0 Å². The van der Waals surface area contributed by atoms with Gasteiger partial charge < -0.3 is 10.4 Å². The molecule has 1 aromatic carbocycles. The summed E-state index contributed by atoms with van der Waals surface area (Å²) in [4.78, 5) is 0. The number of halogens is 1. The Balaban J connectivity index is 1.97. The molecule has 0 amide bonds. The molecule has 19 heavy (non-hydrogen) atoms. The lowest BCUT2D eigenvalue weighted by atomic mass is 10.0. The monoisotopic (exact) mass is 325 g/mol. The van der Waals surface area contributed by atoms with Gasteiger partial charge in [-0.15, -0.1) is 0 Å². The minimum atomic E-state index is 0.244. The molecule has 2 nitrogen and oxygen atoms in total. The van der Waals surface area contributed by atoms with Gasteiger partial charge in [0.05, 0.1) is 0 Å². The zero-order valence-electron chi connectivity index (χ0n) is 11.8. The largest absolute Gasteiger partial charge is 0.508 e. The lowest BCUT2D eigenvalue weighted by molar-refractivity contribution is 0.404. The summed E-state index contributed by atoms with van der Waals surface area (Å²) in [7, 11) is 0. The van der Waals surface area contributed by atoms with Gasteiger partial charge in [-0.3, -0.25) is 0 Å². The Bertz CT molecular complexity index is 421. The first-order chi connectivity index (χ1) is 9.10. The molecule has 3 heteroatoms. The fraction of sp³-hybridized carbons (Fsp3) is 0.625. The van der Waals surface area contributed by atoms with Crippen LogP contribution in [0.3, 0.4) is 0 Å². The maximum Gasteiger partial charge on any atom is 0.120 e. The molecule has 106 valence electrons. The van der Waals surface area contributed by atoms with Crippen molar-refractivity contribution in [3.8, 4) is 5.75 Å². The molecule has 3 atom stereocenters. The smallest absolute Gasteiger partial charge is 0.120 e. The maximum absolute atomic E-state index is 10.0. The van der Waals surface area contributed by atoms with Crippen LogP contribution in [0, 0.1) is 11.8 Å². The zero-order chi connectivity index (χ0) is 13.8. The van der Waals surface area contributed by atoms with Crippen LogP contribution in [0.5, 0.6) is 5.75 Å². The van der Waals surface area contributed by atoms with Gasteiger partial charge in [0.1, 0.15) is 5.75 Å². The highest BCUT2D eigenvalue weighted by Gasteiger charge is 2.22. The molecular weight excluding hydrogens is 302 g/mol. The van der Waals surface area contributed by atoms with Crippen LogP contribution < -0.4 is 5.32 Å². The second-order valence-corrected chi connectivity index (χ2v) is 6.77. The van der Waals surface area contributed by atoms with Gasteiger partial charge in [-0.2, -0.15) is 0 Å². The summed E-state index contributed by atoms with van der Waals surface area (Å²) in [6.07, 6.45) is 5.04. The number of phenolic OH excluding ortho intramolecular Hbond substituents is 1. The number of hydrogen-bond acceptors (Lipinski definition) is 2. The van der Waals surface area contributed by atoms with Crippen LogP contribution in [-0.4, -0.2) is 11.7 Å². The van der Waals surface area contributed by atoms with Crippen LogP contribution in [0.1, 0.15) is 51.1 Å². The molecular formula is C16H24BrNO. The van der Waals surface area contributed by atoms with Crippen molar-refractivity contribution >= 4 is 15.9 Å². The van der Waals surface area contributed by atoms with Crippen LogP contribution in [0.25, 0.3) is 0 Å². The van der Waals surface area contributed by atoms with Crippen LogP contribution in [0.15, 0.2) is 22.7 Å². The van der Waals surface area contributed by atoms with Gasteiger partial charge in [-0.25, -0.2) is 0 Å². The third kappa shape index (κ3) is 3.96. The molecule has 0 heterocycles. The van der Waals surface area contributed by atoms with Gasteiger partial charge in [0, 0.05) is 16.1 Å². The molecule has 1 saturated carbocycles. The van der Waals surface area contributed by atoms with E-state index in [0.717, 1.165) is 34.8 Å². The molecule has 0 aromatic heterocycles. The summed E-state index contributed by atoms with van der Waals surface area (Å²) in [5.74, 6) is 2.08. The van der Waals surface area contributed by atoms with E-state index in [9.17, 15) is 5.11 Å². The lowest BCUT2D eigenvalue weighted by Crippen LogP contribution is -2.26. The second kappa shape index (κ2) is 6.76. The Hall–Kier alpha value is -0.540. The van der Waals surface area contributed by atoms with E-state index in [4.69, 9.17) is 0 Å². The van der Waals surface area contributed by atoms with E-state index in [-0.39, 0.29) is 6.04 Å². The SMILES string of the molecule is CCC(NCC1CCC(C)C1)c1cc(Br)ccc1O. The first-order valence-corrected chi connectivity index (χ1v) is 8.11. The Morgan fingerprint density at radius 2 is 2.21 bits per heavy atom. The predicted molar refractivity (Wildman–Crippen MR) is 83.3 cm³/mol. The highest BCUT2D eigenvalue weighted by Crippen LogP contribution is 2.32. The number of phenols is 1. The summed E-state index contributed by atoms with van der Waals surface area (Å²) in [5.41, 5.74) is 1.00. The molecule has 1 fully saturated rings. The summed E-state index contributed by atoms with van der Waals surface area (Å²) in [5, 5.41) is 13.6. The first kappa shape index (κ1) is 14.9. The molecule has 2 rings (SSSR count). The summed E-state index contributed by atoms with van der Waals surface area (Å²) in [6, 6.07) is 5.91. The van der Waals surface area contributed by atoms with Gasteiger partial charge in [0.15, 0.2) is 0 Å². The highest BCUT2D eigenvalue weighted by molar-refractivity contribution is 9.10. The molecule has 0 saturated heterocycles. The van der Waals surface area contributed by atoms with Crippen LogP contribution >= 0.6 is 15.9 Å². The van der Waals surface area contributed by atoms with Crippen molar-refractivity contribution in [2.75, 3.05) is 6.54 Å². The normalized spacial score (nSPS) is 24.6. The Morgan fingerprint density at radius 3 is 2.84 bits per heavy atom. The fourth-order valence-corrected chi connectivity index (χ4v) is 3.48. The van der Waals surface area contributed by atoms with Crippen molar-refractivity contribution in [3.05, 3.63) is 28.2 Å². The lowest BCUT2D eigenvalue weighted by Gasteiger charge is -2.21. The number of hydrogen-bond donors (Lipinski definition) is 2. The molecule has 0 radical (unpaired) electrons. The van der Waals surface area contributed by atoms with Crippen molar-refractivity contribution < 1.29 is 5.11 Å². The number of rotatable bonds is 5. The molecule has 0 bridgehead atoms. The molecule has 3 unspecified atom stereocenters. The average molecular weight is 326 g/mol. The minimum absolute atomic E-state index is 0.244. The van der Waals surface area contributed by atoms with E-state index in [1.807, 2.05) is 12.1 Å². The highest BCUT2D eigenvalue weighted by atomic mass is 79.9. The van der Waals surface area contributed by atoms with Crippen LogP contribution in [-0.2, 0) is 0 Å². The molecule has 1 aliphatic rings. The van der Waals surface area contributed by atoms with Gasteiger partial charge in [-0.05, 0) is 55.8 Å². The fourth-order valence-electron chi connectivity index (χ4n) is 3.10. The van der Waals surface area contributed by atoms with Gasteiger partial charge in [-0.1, -0.05) is 36.2 Å². The molecule has 0 spiro atoms. The third-order valence-corrected chi connectivity index (χ3v) is 4.72. The van der Waals surface area contributed by atoms with Crippen molar-refractivity contribution in [2.45, 2.75) is 45.6 Å². The first-order valence-electron chi connectivity index (χ1n) is 7.32. The number of benzene rings is 1. The van der Waals surface area contributed by atoms with Gasteiger partial charge >= 0.3 is 0 Å². The molecule has 0 aliphatic heterocycles. The Kier molecular flexibility index (Phi) is 5.28. The molecule has 1 aliphatic carbocycles. The zero-order valence-corrected chi connectivity index (χ0v) is 13.4. The van der Waals surface area contributed by atoms with Crippen molar-refractivity contribution in [3.63, 3.8) is 0 Å². The third-order valence-electron chi connectivity index (χ3n) is 4.23. The van der Waals surface area contributed by atoms with E-state index >= 15 is 0 Å². The Labute approximate surface area is 124 Å². The second-order valence-electron chi connectivity index (χ2n) is 5.86. The standard InChI is InChI=1S/C16H24BrNO/c1-3-15(14-9-13(17)6-7-16(14)19)18-10-12-5-4-11(2)8-12/h6-7,9,11-12,15,18-19H,3-5,8,10H2,1-2H3.